The molecular formula is C16H33N5O. The third kappa shape index (κ3) is 6.64. The van der Waals surface area contributed by atoms with Gasteiger partial charge in [0.05, 0.1) is 0 Å². The minimum atomic E-state index is 0.0147. The van der Waals surface area contributed by atoms with E-state index in [1.54, 1.807) is 19.0 Å². The lowest BCUT2D eigenvalue weighted by molar-refractivity contribution is -0.127. The fraction of sp³-hybridized carbons (Fsp3) is 0.875. The Hall–Kier alpha value is -1.30. The Morgan fingerprint density at radius 2 is 2.09 bits per heavy atom. The zero-order valence-corrected chi connectivity index (χ0v) is 14.9. The molecule has 1 atom stereocenters. The van der Waals surface area contributed by atoms with Crippen molar-refractivity contribution in [2.75, 3.05) is 46.8 Å². The molecule has 1 heterocycles. The van der Waals surface area contributed by atoms with E-state index >= 15 is 0 Å². The molecule has 1 saturated heterocycles. The van der Waals surface area contributed by atoms with Crippen molar-refractivity contribution in [2.45, 2.75) is 39.7 Å². The van der Waals surface area contributed by atoms with Crippen molar-refractivity contribution in [3.63, 3.8) is 0 Å². The van der Waals surface area contributed by atoms with Gasteiger partial charge in [0, 0.05) is 39.8 Å². The highest BCUT2D eigenvalue weighted by molar-refractivity contribution is 5.84. The fourth-order valence-electron chi connectivity index (χ4n) is 2.60. The Morgan fingerprint density at radius 1 is 1.36 bits per heavy atom. The molecule has 0 bridgehead atoms. The summed E-state index contributed by atoms with van der Waals surface area (Å²) in [5.74, 6) is 1.39. The standard InChI is InChI=1S/C16H33N5O/c1-6-17-16(19-11-15(22)20(4)5)18-10-14-8-7-9-21(12-14)13(2)3/h13-14H,6-12H2,1-5H3,(H2,17,18,19). The lowest BCUT2D eigenvalue weighted by atomic mass is 9.97. The van der Waals surface area contributed by atoms with Gasteiger partial charge in [-0.15, -0.1) is 0 Å². The number of hydrogen-bond acceptors (Lipinski definition) is 3. The number of aliphatic imine (C=N–C) groups is 1. The van der Waals surface area contributed by atoms with E-state index in [1.807, 2.05) is 6.92 Å². The van der Waals surface area contributed by atoms with Crippen LogP contribution in [0.25, 0.3) is 0 Å². The number of amides is 1. The van der Waals surface area contributed by atoms with E-state index < -0.39 is 0 Å². The second-order valence-electron chi connectivity index (χ2n) is 6.46. The van der Waals surface area contributed by atoms with Crippen LogP contribution in [-0.2, 0) is 4.79 Å². The molecule has 1 aliphatic rings. The summed E-state index contributed by atoms with van der Waals surface area (Å²) in [6.07, 6.45) is 2.52. The molecule has 128 valence electrons. The summed E-state index contributed by atoms with van der Waals surface area (Å²) in [7, 11) is 3.50. The summed E-state index contributed by atoms with van der Waals surface area (Å²) in [5.41, 5.74) is 0. The Labute approximate surface area is 135 Å². The van der Waals surface area contributed by atoms with E-state index in [0.29, 0.717) is 12.0 Å². The molecule has 0 aromatic carbocycles. The molecule has 2 N–H and O–H groups in total. The topological polar surface area (TPSA) is 60.0 Å². The molecule has 0 spiro atoms. The largest absolute Gasteiger partial charge is 0.357 e. The number of carbonyl (C=O) groups excluding carboxylic acids is 1. The average Bonchev–Trinajstić information content (AvgIpc) is 2.49. The summed E-state index contributed by atoms with van der Waals surface area (Å²) >= 11 is 0. The maximum absolute atomic E-state index is 11.6. The Balaban J connectivity index is 2.46. The van der Waals surface area contributed by atoms with Crippen LogP contribution in [0, 0.1) is 5.92 Å². The van der Waals surface area contributed by atoms with Gasteiger partial charge in [0.15, 0.2) is 5.96 Å². The summed E-state index contributed by atoms with van der Waals surface area (Å²) in [6, 6.07) is 0.613. The van der Waals surface area contributed by atoms with Gasteiger partial charge in [-0.3, -0.25) is 4.79 Å². The SMILES string of the molecule is CCNC(=NCC(=O)N(C)C)NCC1CCCN(C(C)C)C1. The maximum atomic E-state index is 11.6. The van der Waals surface area contributed by atoms with Crippen molar-refractivity contribution in [2.24, 2.45) is 10.9 Å². The van der Waals surface area contributed by atoms with E-state index in [9.17, 15) is 4.79 Å². The molecule has 0 aliphatic carbocycles. The van der Waals surface area contributed by atoms with Crippen molar-refractivity contribution in [3.05, 3.63) is 0 Å². The molecule has 1 fully saturated rings. The van der Waals surface area contributed by atoms with Crippen LogP contribution in [0.5, 0.6) is 0 Å². The summed E-state index contributed by atoms with van der Waals surface area (Å²) in [5, 5.41) is 6.59. The van der Waals surface area contributed by atoms with Crippen molar-refractivity contribution in [1.29, 1.82) is 0 Å². The number of piperidine rings is 1. The molecule has 1 aliphatic heterocycles. The van der Waals surface area contributed by atoms with E-state index in [1.165, 1.54) is 19.4 Å². The maximum Gasteiger partial charge on any atom is 0.243 e. The smallest absolute Gasteiger partial charge is 0.243 e. The van der Waals surface area contributed by atoms with Crippen LogP contribution in [-0.4, -0.2) is 74.5 Å². The van der Waals surface area contributed by atoms with Gasteiger partial charge < -0.3 is 20.4 Å². The van der Waals surface area contributed by atoms with Crippen LogP contribution in [0.3, 0.4) is 0 Å². The van der Waals surface area contributed by atoms with E-state index in [-0.39, 0.29) is 12.5 Å². The number of hydrogen-bond donors (Lipinski definition) is 2. The average molecular weight is 311 g/mol. The third-order valence-electron chi connectivity index (χ3n) is 4.05. The molecule has 0 aromatic heterocycles. The van der Waals surface area contributed by atoms with Gasteiger partial charge in [0.25, 0.3) is 0 Å². The van der Waals surface area contributed by atoms with Gasteiger partial charge in [-0.1, -0.05) is 0 Å². The Morgan fingerprint density at radius 3 is 2.68 bits per heavy atom. The van der Waals surface area contributed by atoms with E-state index in [2.05, 4.69) is 34.4 Å². The van der Waals surface area contributed by atoms with Gasteiger partial charge in [0.2, 0.25) is 5.91 Å². The number of rotatable bonds is 6. The summed E-state index contributed by atoms with van der Waals surface area (Å²) in [4.78, 5) is 20.1. The van der Waals surface area contributed by atoms with Crippen LogP contribution in [0.15, 0.2) is 4.99 Å². The zero-order valence-electron chi connectivity index (χ0n) is 14.9. The number of guanidine groups is 1. The van der Waals surface area contributed by atoms with Crippen LogP contribution in [0.4, 0.5) is 0 Å². The highest BCUT2D eigenvalue weighted by atomic mass is 16.2. The highest BCUT2D eigenvalue weighted by Crippen LogP contribution is 2.17. The van der Waals surface area contributed by atoms with Gasteiger partial charge in [-0.25, -0.2) is 4.99 Å². The Kier molecular flexibility index (Phi) is 8.24. The fourth-order valence-corrected chi connectivity index (χ4v) is 2.60. The monoisotopic (exact) mass is 311 g/mol. The normalized spacial score (nSPS) is 20.1. The van der Waals surface area contributed by atoms with Crippen molar-refractivity contribution >= 4 is 11.9 Å². The van der Waals surface area contributed by atoms with Crippen molar-refractivity contribution in [3.8, 4) is 0 Å². The van der Waals surface area contributed by atoms with Gasteiger partial charge in [-0.05, 0) is 46.1 Å². The molecule has 22 heavy (non-hydrogen) atoms. The summed E-state index contributed by atoms with van der Waals surface area (Å²) in [6.45, 7) is 10.8. The van der Waals surface area contributed by atoms with Crippen molar-refractivity contribution in [1.82, 2.24) is 20.4 Å². The van der Waals surface area contributed by atoms with Crippen LogP contribution >= 0.6 is 0 Å². The van der Waals surface area contributed by atoms with Gasteiger partial charge >= 0.3 is 0 Å². The molecule has 0 saturated carbocycles. The first-order chi connectivity index (χ1) is 10.4. The molecule has 6 heteroatoms. The molecule has 1 rings (SSSR count). The molecular weight excluding hydrogens is 278 g/mol. The third-order valence-corrected chi connectivity index (χ3v) is 4.05. The van der Waals surface area contributed by atoms with Gasteiger partial charge in [0.1, 0.15) is 6.54 Å². The number of carbonyl (C=O) groups is 1. The number of likely N-dealkylation sites (N-methyl/N-ethyl adjacent to an activating group) is 1. The molecule has 1 amide bonds. The molecule has 0 aromatic rings. The first-order valence-corrected chi connectivity index (χ1v) is 8.40. The quantitative estimate of drug-likeness (QED) is 0.561. The second-order valence-corrected chi connectivity index (χ2v) is 6.46. The second kappa shape index (κ2) is 9.66. The van der Waals surface area contributed by atoms with Gasteiger partial charge in [-0.2, -0.15) is 0 Å². The highest BCUT2D eigenvalue weighted by Gasteiger charge is 2.21. The predicted molar refractivity (Wildman–Crippen MR) is 92.1 cm³/mol. The Bertz CT molecular complexity index is 368. The number of nitrogens with zero attached hydrogens (tertiary/aromatic N) is 3. The molecule has 1 unspecified atom stereocenters. The first kappa shape index (κ1) is 18.7. The zero-order chi connectivity index (χ0) is 16.5. The van der Waals surface area contributed by atoms with E-state index in [4.69, 9.17) is 0 Å². The molecule has 6 nitrogen and oxygen atoms in total. The van der Waals surface area contributed by atoms with Crippen LogP contribution in [0.2, 0.25) is 0 Å². The number of nitrogens with one attached hydrogen (secondary N) is 2. The van der Waals surface area contributed by atoms with E-state index in [0.717, 1.165) is 25.6 Å². The minimum absolute atomic E-state index is 0.0147. The van der Waals surface area contributed by atoms with Crippen LogP contribution < -0.4 is 10.6 Å². The molecule has 0 radical (unpaired) electrons. The predicted octanol–water partition coefficient (Wildman–Crippen LogP) is 0.750. The van der Waals surface area contributed by atoms with Crippen molar-refractivity contribution < 1.29 is 4.79 Å². The lowest BCUT2D eigenvalue weighted by Crippen LogP contribution is -2.46. The number of likely N-dealkylation sites (tertiary alicyclic amines) is 1. The first-order valence-electron chi connectivity index (χ1n) is 8.40. The lowest BCUT2D eigenvalue weighted by Gasteiger charge is -2.35. The summed E-state index contributed by atoms with van der Waals surface area (Å²) < 4.78 is 0. The minimum Gasteiger partial charge on any atom is -0.357 e. The van der Waals surface area contributed by atoms with Crippen LogP contribution in [0.1, 0.15) is 33.6 Å².